The second-order valence-electron chi connectivity index (χ2n) is 5.05. The lowest BCUT2D eigenvalue weighted by atomic mass is 10.1. The molecular weight excluding hydrogens is 294 g/mol. The minimum Gasteiger partial charge on any atom is -0.366 e. The zero-order valence-electron chi connectivity index (χ0n) is 11.3. The van der Waals surface area contributed by atoms with Crippen molar-refractivity contribution in [3.05, 3.63) is 29.8 Å². The fourth-order valence-corrected chi connectivity index (χ4v) is 4.03. The summed E-state index contributed by atoms with van der Waals surface area (Å²) < 4.78 is 22.6. The molecule has 4 N–H and O–H groups in total. The number of hydrogen-bond acceptors (Lipinski definition) is 4. The number of nitrogens with one attached hydrogen (secondary N) is 2. The quantitative estimate of drug-likeness (QED) is 0.743. The van der Waals surface area contributed by atoms with Gasteiger partial charge in [0.1, 0.15) is 0 Å². The van der Waals surface area contributed by atoms with E-state index >= 15 is 0 Å². The van der Waals surface area contributed by atoms with Crippen LogP contribution in [0.5, 0.6) is 0 Å². The highest BCUT2D eigenvalue weighted by Crippen LogP contribution is 2.17. The molecule has 7 nitrogen and oxygen atoms in total. The van der Waals surface area contributed by atoms with Crippen molar-refractivity contribution < 1.29 is 18.0 Å². The smallest absolute Gasteiger partial charge is 0.319 e. The van der Waals surface area contributed by atoms with Crippen molar-refractivity contribution in [2.24, 2.45) is 11.7 Å². The van der Waals surface area contributed by atoms with Gasteiger partial charge in [-0.05, 0) is 36.6 Å². The summed E-state index contributed by atoms with van der Waals surface area (Å²) >= 11 is 0. The summed E-state index contributed by atoms with van der Waals surface area (Å²) in [6, 6.07) is 5.76. The predicted octanol–water partition coefficient (Wildman–Crippen LogP) is 0.342. The van der Waals surface area contributed by atoms with E-state index in [0.717, 1.165) is 0 Å². The number of primary amides is 1. The largest absolute Gasteiger partial charge is 0.366 e. The molecule has 1 aromatic carbocycles. The highest BCUT2D eigenvalue weighted by atomic mass is 32.2. The minimum atomic E-state index is -2.93. The van der Waals surface area contributed by atoms with Crippen LogP contribution in [0.15, 0.2) is 24.3 Å². The lowest BCUT2D eigenvalue weighted by Gasteiger charge is -2.11. The van der Waals surface area contributed by atoms with Gasteiger partial charge in [0.15, 0.2) is 9.84 Å². The van der Waals surface area contributed by atoms with E-state index in [0.29, 0.717) is 24.2 Å². The van der Waals surface area contributed by atoms with Crippen LogP contribution in [0.1, 0.15) is 16.8 Å². The maximum atomic E-state index is 11.7. The molecule has 2 rings (SSSR count). The van der Waals surface area contributed by atoms with Crippen molar-refractivity contribution in [1.29, 1.82) is 0 Å². The Labute approximate surface area is 122 Å². The molecule has 0 bridgehead atoms. The molecule has 1 aromatic rings. The third kappa shape index (κ3) is 4.45. The average molecular weight is 311 g/mol. The zero-order chi connectivity index (χ0) is 15.5. The van der Waals surface area contributed by atoms with Gasteiger partial charge < -0.3 is 16.4 Å². The van der Waals surface area contributed by atoms with E-state index in [1.54, 1.807) is 12.1 Å². The van der Waals surface area contributed by atoms with Crippen LogP contribution in [0.4, 0.5) is 10.5 Å². The number of carbonyl (C=O) groups excluding carboxylic acids is 2. The number of rotatable bonds is 4. The number of hydrogen-bond donors (Lipinski definition) is 3. The number of amides is 3. The Morgan fingerprint density at radius 3 is 2.43 bits per heavy atom. The van der Waals surface area contributed by atoms with Gasteiger partial charge in [0.2, 0.25) is 5.91 Å². The summed E-state index contributed by atoms with van der Waals surface area (Å²) in [5.74, 6) is -0.248. The van der Waals surface area contributed by atoms with Crippen LogP contribution in [0.2, 0.25) is 0 Å². The summed E-state index contributed by atoms with van der Waals surface area (Å²) in [5, 5.41) is 5.24. The Bertz CT molecular complexity index is 640. The van der Waals surface area contributed by atoms with E-state index in [-0.39, 0.29) is 17.4 Å². The molecule has 1 aliphatic heterocycles. The molecule has 1 unspecified atom stereocenters. The highest BCUT2D eigenvalue weighted by molar-refractivity contribution is 7.91. The molecule has 0 spiro atoms. The molecule has 1 aliphatic rings. The SMILES string of the molecule is NC(=O)c1ccc(NC(=O)NCC2CCS(=O)(=O)C2)cc1. The van der Waals surface area contributed by atoms with Crippen molar-refractivity contribution in [3.63, 3.8) is 0 Å². The molecule has 1 fully saturated rings. The van der Waals surface area contributed by atoms with Gasteiger partial charge >= 0.3 is 6.03 Å². The lowest BCUT2D eigenvalue weighted by Crippen LogP contribution is -2.33. The maximum Gasteiger partial charge on any atom is 0.319 e. The highest BCUT2D eigenvalue weighted by Gasteiger charge is 2.27. The van der Waals surface area contributed by atoms with Crippen LogP contribution in [0, 0.1) is 5.92 Å². The number of sulfone groups is 1. The second kappa shape index (κ2) is 6.13. The normalized spacial score (nSPS) is 19.9. The minimum absolute atomic E-state index is 0.0296. The molecule has 0 radical (unpaired) electrons. The number of carbonyl (C=O) groups is 2. The van der Waals surface area contributed by atoms with Crippen molar-refractivity contribution in [2.45, 2.75) is 6.42 Å². The number of urea groups is 1. The van der Waals surface area contributed by atoms with E-state index < -0.39 is 21.8 Å². The molecule has 0 aromatic heterocycles. The summed E-state index contributed by atoms with van der Waals surface area (Å²) in [5.41, 5.74) is 6.00. The van der Waals surface area contributed by atoms with E-state index in [1.165, 1.54) is 12.1 Å². The van der Waals surface area contributed by atoms with Crippen molar-refractivity contribution in [2.75, 3.05) is 23.4 Å². The van der Waals surface area contributed by atoms with Crippen LogP contribution < -0.4 is 16.4 Å². The Balaban J connectivity index is 1.81. The summed E-state index contributed by atoms with van der Waals surface area (Å²) in [7, 11) is -2.93. The average Bonchev–Trinajstić information content (AvgIpc) is 2.77. The van der Waals surface area contributed by atoms with Gasteiger partial charge in [-0.25, -0.2) is 13.2 Å². The Hall–Kier alpha value is -2.09. The lowest BCUT2D eigenvalue weighted by molar-refractivity contribution is 0.100. The summed E-state index contributed by atoms with van der Waals surface area (Å²) in [6.45, 7) is 0.324. The number of anilines is 1. The van der Waals surface area contributed by atoms with E-state index in [1.807, 2.05) is 0 Å². The Morgan fingerprint density at radius 2 is 1.90 bits per heavy atom. The number of benzene rings is 1. The Morgan fingerprint density at radius 1 is 1.24 bits per heavy atom. The van der Waals surface area contributed by atoms with Gasteiger partial charge in [-0.1, -0.05) is 0 Å². The van der Waals surface area contributed by atoms with E-state index in [9.17, 15) is 18.0 Å². The standard InChI is InChI=1S/C13H17N3O4S/c14-12(17)10-1-3-11(4-2-10)16-13(18)15-7-9-5-6-21(19,20)8-9/h1-4,9H,5-8H2,(H2,14,17)(H2,15,16,18). The molecule has 1 saturated heterocycles. The molecule has 0 aliphatic carbocycles. The van der Waals surface area contributed by atoms with E-state index in [2.05, 4.69) is 10.6 Å². The summed E-state index contributed by atoms with van der Waals surface area (Å²) in [6.07, 6.45) is 0.579. The van der Waals surface area contributed by atoms with Crippen LogP contribution in [-0.2, 0) is 9.84 Å². The second-order valence-corrected chi connectivity index (χ2v) is 7.27. The van der Waals surface area contributed by atoms with Crippen LogP contribution in [-0.4, -0.2) is 38.4 Å². The van der Waals surface area contributed by atoms with E-state index in [4.69, 9.17) is 5.73 Å². The molecule has 114 valence electrons. The van der Waals surface area contributed by atoms with Gasteiger partial charge in [-0.2, -0.15) is 0 Å². The zero-order valence-corrected chi connectivity index (χ0v) is 12.2. The van der Waals surface area contributed by atoms with Crippen molar-refractivity contribution in [1.82, 2.24) is 5.32 Å². The molecule has 1 atom stereocenters. The van der Waals surface area contributed by atoms with Gasteiger partial charge in [0.25, 0.3) is 0 Å². The topological polar surface area (TPSA) is 118 Å². The first-order chi connectivity index (χ1) is 9.85. The first-order valence-corrected chi connectivity index (χ1v) is 8.33. The fourth-order valence-electron chi connectivity index (χ4n) is 2.16. The first-order valence-electron chi connectivity index (χ1n) is 6.51. The molecule has 3 amide bonds. The molecule has 1 heterocycles. The van der Waals surface area contributed by atoms with Gasteiger partial charge in [0, 0.05) is 17.8 Å². The van der Waals surface area contributed by atoms with Crippen LogP contribution >= 0.6 is 0 Å². The van der Waals surface area contributed by atoms with Crippen LogP contribution in [0.25, 0.3) is 0 Å². The third-order valence-corrected chi connectivity index (χ3v) is 5.14. The molecule has 21 heavy (non-hydrogen) atoms. The van der Waals surface area contributed by atoms with Gasteiger partial charge in [0.05, 0.1) is 11.5 Å². The molecular formula is C13H17N3O4S. The number of nitrogens with two attached hydrogens (primary N) is 1. The first kappa shape index (κ1) is 15.3. The van der Waals surface area contributed by atoms with Gasteiger partial charge in [-0.15, -0.1) is 0 Å². The van der Waals surface area contributed by atoms with Crippen molar-refractivity contribution >= 4 is 27.5 Å². The Kier molecular flexibility index (Phi) is 4.46. The molecule has 8 heteroatoms. The maximum absolute atomic E-state index is 11.7. The van der Waals surface area contributed by atoms with Crippen molar-refractivity contribution in [3.8, 4) is 0 Å². The monoisotopic (exact) mass is 311 g/mol. The van der Waals surface area contributed by atoms with Crippen LogP contribution in [0.3, 0.4) is 0 Å². The third-order valence-electron chi connectivity index (χ3n) is 3.31. The van der Waals surface area contributed by atoms with Gasteiger partial charge in [-0.3, -0.25) is 4.79 Å². The summed E-state index contributed by atoms with van der Waals surface area (Å²) in [4.78, 5) is 22.6. The fraction of sp³-hybridized carbons (Fsp3) is 0.385. The molecule has 0 saturated carbocycles. The predicted molar refractivity (Wildman–Crippen MR) is 78.7 cm³/mol.